The van der Waals surface area contributed by atoms with Crippen molar-refractivity contribution in [1.29, 1.82) is 0 Å². The topological polar surface area (TPSA) is 79.9 Å². The number of benzene rings is 4. The van der Waals surface area contributed by atoms with E-state index in [9.17, 15) is 9.59 Å². The molecular weight excluding hydrogens is 466 g/mol. The summed E-state index contributed by atoms with van der Waals surface area (Å²) in [5.74, 6) is -0.255. The summed E-state index contributed by atoms with van der Waals surface area (Å²) < 4.78 is 11.3. The van der Waals surface area contributed by atoms with Crippen LogP contribution >= 0.6 is 0 Å². The molecule has 1 heterocycles. The van der Waals surface area contributed by atoms with Gasteiger partial charge in [-0.25, -0.2) is 0 Å². The van der Waals surface area contributed by atoms with E-state index in [-0.39, 0.29) is 18.4 Å². The molecule has 188 valence electrons. The predicted octanol–water partition coefficient (Wildman–Crippen LogP) is 5.25. The van der Waals surface area contributed by atoms with Crippen LogP contribution in [0.25, 0.3) is 10.8 Å². The average molecular weight is 496 g/mol. The fourth-order valence-corrected chi connectivity index (χ4v) is 4.34. The van der Waals surface area contributed by atoms with E-state index in [1.165, 1.54) is 0 Å². The monoisotopic (exact) mass is 495 g/mol. The number of carbonyl (C=O) groups is 2. The van der Waals surface area contributed by atoms with Crippen LogP contribution < -0.4 is 20.3 Å². The Morgan fingerprint density at radius 2 is 1.54 bits per heavy atom. The molecule has 1 saturated heterocycles. The maximum Gasteiger partial charge on any atom is 0.262 e. The summed E-state index contributed by atoms with van der Waals surface area (Å²) in [4.78, 5) is 28.2. The third kappa shape index (κ3) is 5.90. The van der Waals surface area contributed by atoms with Gasteiger partial charge in [0.25, 0.3) is 11.8 Å². The molecule has 4 aromatic rings. The lowest BCUT2D eigenvalue weighted by Gasteiger charge is -2.28. The number of para-hydroxylation sites is 1. The number of ether oxygens (including phenoxy) is 2. The fourth-order valence-electron chi connectivity index (χ4n) is 4.34. The fraction of sp³-hybridized carbons (Fsp3) is 0.200. The van der Waals surface area contributed by atoms with E-state index in [1.54, 1.807) is 12.1 Å². The third-order valence-electron chi connectivity index (χ3n) is 6.37. The molecule has 0 atom stereocenters. The van der Waals surface area contributed by atoms with Crippen LogP contribution in [0.5, 0.6) is 5.75 Å². The van der Waals surface area contributed by atoms with Crippen molar-refractivity contribution in [2.45, 2.75) is 6.92 Å². The zero-order chi connectivity index (χ0) is 25.6. The Kier molecular flexibility index (Phi) is 7.33. The van der Waals surface area contributed by atoms with E-state index in [2.05, 4.69) is 15.5 Å². The number of anilines is 3. The van der Waals surface area contributed by atoms with Crippen molar-refractivity contribution in [2.24, 2.45) is 0 Å². The summed E-state index contributed by atoms with van der Waals surface area (Å²) in [7, 11) is 0. The van der Waals surface area contributed by atoms with Crippen molar-refractivity contribution < 1.29 is 19.1 Å². The lowest BCUT2D eigenvalue weighted by Crippen LogP contribution is -2.36. The summed E-state index contributed by atoms with van der Waals surface area (Å²) in [6.07, 6.45) is 0. The van der Waals surface area contributed by atoms with Gasteiger partial charge < -0.3 is 25.0 Å². The molecule has 7 heteroatoms. The minimum Gasteiger partial charge on any atom is -0.483 e. The lowest BCUT2D eigenvalue weighted by molar-refractivity contribution is -0.118. The molecule has 5 rings (SSSR count). The van der Waals surface area contributed by atoms with Gasteiger partial charge in [0.1, 0.15) is 5.75 Å². The SMILES string of the molecule is Cc1ccccc1NC(=O)c1cc2ccccc2cc1OCC(=O)Nc1ccc(N2CCOCC2)cc1. The van der Waals surface area contributed by atoms with Crippen LogP contribution in [0, 0.1) is 6.92 Å². The smallest absolute Gasteiger partial charge is 0.262 e. The van der Waals surface area contributed by atoms with Gasteiger partial charge in [-0.2, -0.15) is 0 Å². The van der Waals surface area contributed by atoms with Gasteiger partial charge in [0.15, 0.2) is 6.61 Å². The number of hydrogen-bond donors (Lipinski definition) is 2. The van der Waals surface area contributed by atoms with Crippen molar-refractivity contribution >= 4 is 39.6 Å². The molecule has 0 unspecified atom stereocenters. The molecule has 0 radical (unpaired) electrons. The highest BCUT2D eigenvalue weighted by molar-refractivity contribution is 6.09. The summed E-state index contributed by atoms with van der Waals surface area (Å²) in [6.45, 7) is 4.85. The van der Waals surface area contributed by atoms with Crippen LogP contribution in [0.3, 0.4) is 0 Å². The van der Waals surface area contributed by atoms with Crippen LogP contribution in [-0.4, -0.2) is 44.7 Å². The van der Waals surface area contributed by atoms with E-state index in [0.717, 1.165) is 54.0 Å². The number of hydrogen-bond acceptors (Lipinski definition) is 5. The predicted molar refractivity (Wildman–Crippen MR) is 147 cm³/mol. The van der Waals surface area contributed by atoms with Crippen LogP contribution in [0.15, 0.2) is 84.9 Å². The first-order valence-corrected chi connectivity index (χ1v) is 12.3. The lowest BCUT2D eigenvalue weighted by atomic mass is 10.0. The van der Waals surface area contributed by atoms with E-state index < -0.39 is 0 Å². The molecule has 4 aromatic carbocycles. The molecule has 2 amide bonds. The van der Waals surface area contributed by atoms with Crippen LogP contribution in [0.1, 0.15) is 15.9 Å². The quantitative estimate of drug-likeness (QED) is 0.366. The first-order chi connectivity index (χ1) is 18.1. The Morgan fingerprint density at radius 3 is 2.27 bits per heavy atom. The highest BCUT2D eigenvalue weighted by Crippen LogP contribution is 2.28. The van der Waals surface area contributed by atoms with Gasteiger partial charge in [-0.05, 0) is 65.7 Å². The molecule has 2 N–H and O–H groups in total. The zero-order valence-electron chi connectivity index (χ0n) is 20.7. The van der Waals surface area contributed by atoms with Crippen LogP contribution in [0.4, 0.5) is 17.1 Å². The first-order valence-electron chi connectivity index (χ1n) is 12.3. The number of aryl methyl sites for hydroxylation is 1. The largest absolute Gasteiger partial charge is 0.483 e. The Labute approximate surface area is 216 Å². The highest BCUT2D eigenvalue weighted by Gasteiger charge is 2.17. The molecule has 0 saturated carbocycles. The molecule has 0 aromatic heterocycles. The van der Waals surface area contributed by atoms with E-state index in [0.29, 0.717) is 17.0 Å². The Hall–Kier alpha value is -4.36. The summed E-state index contributed by atoms with van der Waals surface area (Å²) in [5.41, 5.74) is 3.83. The first kappa shape index (κ1) is 24.3. The number of nitrogens with zero attached hydrogens (tertiary/aromatic N) is 1. The van der Waals surface area contributed by atoms with Gasteiger partial charge in [-0.15, -0.1) is 0 Å². The van der Waals surface area contributed by atoms with Gasteiger partial charge in [0.2, 0.25) is 0 Å². The summed E-state index contributed by atoms with van der Waals surface area (Å²) >= 11 is 0. The summed E-state index contributed by atoms with van der Waals surface area (Å²) in [6, 6.07) is 26.6. The molecule has 0 spiro atoms. The second-order valence-corrected chi connectivity index (χ2v) is 8.95. The zero-order valence-corrected chi connectivity index (χ0v) is 20.7. The normalized spacial score (nSPS) is 13.3. The number of carbonyl (C=O) groups excluding carboxylic acids is 2. The van der Waals surface area contributed by atoms with Gasteiger partial charge in [0.05, 0.1) is 18.8 Å². The number of fused-ring (bicyclic) bond motifs is 1. The number of morpholine rings is 1. The molecule has 1 aliphatic rings. The van der Waals surface area contributed by atoms with E-state index in [4.69, 9.17) is 9.47 Å². The molecule has 7 nitrogen and oxygen atoms in total. The second-order valence-electron chi connectivity index (χ2n) is 8.95. The Balaban J connectivity index is 1.28. The van der Waals surface area contributed by atoms with Gasteiger partial charge in [0, 0.05) is 30.2 Å². The molecular formula is C30H29N3O4. The average Bonchev–Trinajstić information content (AvgIpc) is 2.93. The van der Waals surface area contributed by atoms with Crippen LogP contribution in [-0.2, 0) is 9.53 Å². The van der Waals surface area contributed by atoms with Crippen molar-refractivity contribution in [3.63, 3.8) is 0 Å². The molecule has 37 heavy (non-hydrogen) atoms. The molecule has 1 fully saturated rings. The minimum absolute atomic E-state index is 0.228. The summed E-state index contributed by atoms with van der Waals surface area (Å²) in [5, 5.41) is 7.66. The van der Waals surface area contributed by atoms with Gasteiger partial charge in [-0.1, -0.05) is 42.5 Å². The molecule has 1 aliphatic heterocycles. The Morgan fingerprint density at radius 1 is 0.865 bits per heavy atom. The van der Waals surface area contributed by atoms with Gasteiger partial charge in [-0.3, -0.25) is 9.59 Å². The van der Waals surface area contributed by atoms with Crippen molar-refractivity contribution in [3.05, 3.63) is 96.1 Å². The Bertz CT molecular complexity index is 1410. The van der Waals surface area contributed by atoms with Crippen molar-refractivity contribution in [2.75, 3.05) is 48.4 Å². The molecule has 0 bridgehead atoms. The maximum atomic E-state index is 13.2. The number of nitrogens with one attached hydrogen (secondary N) is 2. The van der Waals surface area contributed by atoms with Crippen molar-refractivity contribution in [1.82, 2.24) is 0 Å². The van der Waals surface area contributed by atoms with Crippen LogP contribution in [0.2, 0.25) is 0 Å². The van der Waals surface area contributed by atoms with Crippen molar-refractivity contribution in [3.8, 4) is 5.75 Å². The third-order valence-corrected chi connectivity index (χ3v) is 6.37. The van der Waals surface area contributed by atoms with E-state index >= 15 is 0 Å². The number of rotatable bonds is 7. The number of amides is 2. The second kappa shape index (κ2) is 11.1. The highest BCUT2D eigenvalue weighted by atomic mass is 16.5. The maximum absolute atomic E-state index is 13.2. The minimum atomic E-state index is -0.308. The standard InChI is InChI=1S/C30H29N3O4/c1-21-6-2-5-9-27(21)32-30(35)26-18-22-7-3-4-8-23(22)19-28(26)37-20-29(34)31-24-10-12-25(13-11-24)33-14-16-36-17-15-33/h2-13,18-19H,14-17,20H2,1H3,(H,31,34)(H,32,35). The molecule has 0 aliphatic carbocycles. The van der Waals surface area contributed by atoms with Gasteiger partial charge >= 0.3 is 0 Å². The van der Waals surface area contributed by atoms with E-state index in [1.807, 2.05) is 79.7 Å².